The molecule has 1 aliphatic heterocycles. The zero-order valence-electron chi connectivity index (χ0n) is 11.9. The van der Waals surface area contributed by atoms with Crippen molar-refractivity contribution in [3.05, 3.63) is 71.3 Å². The van der Waals surface area contributed by atoms with Crippen LogP contribution in [0.25, 0.3) is 0 Å². The molecule has 1 heterocycles. The van der Waals surface area contributed by atoms with E-state index in [4.69, 9.17) is 4.74 Å². The van der Waals surface area contributed by atoms with Gasteiger partial charge in [-0.2, -0.15) is 0 Å². The molecule has 1 unspecified atom stereocenters. The van der Waals surface area contributed by atoms with Gasteiger partial charge in [-0.15, -0.1) is 0 Å². The van der Waals surface area contributed by atoms with Crippen molar-refractivity contribution in [1.82, 2.24) is 5.32 Å². The van der Waals surface area contributed by atoms with Crippen LogP contribution in [-0.4, -0.2) is 13.6 Å². The summed E-state index contributed by atoms with van der Waals surface area (Å²) in [6.45, 7) is 1.73. The molecule has 1 aliphatic rings. The Balaban J connectivity index is 2.02. The van der Waals surface area contributed by atoms with Crippen LogP contribution in [0.1, 0.15) is 29.5 Å². The van der Waals surface area contributed by atoms with E-state index in [9.17, 15) is 0 Å². The van der Waals surface area contributed by atoms with Crippen molar-refractivity contribution in [2.45, 2.75) is 25.0 Å². The third-order valence-corrected chi connectivity index (χ3v) is 4.12. The fourth-order valence-corrected chi connectivity index (χ4v) is 3.13. The molecule has 2 nitrogen and oxygen atoms in total. The van der Waals surface area contributed by atoms with Gasteiger partial charge in [-0.1, -0.05) is 54.6 Å². The summed E-state index contributed by atoms with van der Waals surface area (Å²) in [5.74, 6) is 0. The first-order chi connectivity index (χ1) is 9.87. The van der Waals surface area contributed by atoms with E-state index in [1.165, 1.54) is 16.7 Å². The van der Waals surface area contributed by atoms with Gasteiger partial charge in [0.15, 0.2) is 0 Å². The van der Waals surface area contributed by atoms with Crippen molar-refractivity contribution < 1.29 is 4.74 Å². The molecular weight excluding hydrogens is 246 g/mol. The average molecular weight is 267 g/mol. The second kappa shape index (κ2) is 5.78. The van der Waals surface area contributed by atoms with E-state index < -0.39 is 0 Å². The highest BCUT2D eigenvalue weighted by atomic mass is 16.5. The molecule has 0 saturated carbocycles. The first-order valence-corrected chi connectivity index (χ1v) is 7.29. The first-order valence-electron chi connectivity index (χ1n) is 7.29. The van der Waals surface area contributed by atoms with Gasteiger partial charge in [0.1, 0.15) is 5.60 Å². The topological polar surface area (TPSA) is 21.3 Å². The molecule has 0 saturated heterocycles. The third kappa shape index (κ3) is 2.26. The summed E-state index contributed by atoms with van der Waals surface area (Å²) in [4.78, 5) is 0. The van der Waals surface area contributed by atoms with Crippen LogP contribution in [0.2, 0.25) is 0 Å². The Hall–Kier alpha value is -1.64. The molecule has 0 spiro atoms. The maximum atomic E-state index is 6.32. The molecule has 2 aromatic rings. The summed E-state index contributed by atoms with van der Waals surface area (Å²) < 4.78 is 6.32. The molecule has 0 aromatic heterocycles. The lowest BCUT2D eigenvalue weighted by Gasteiger charge is -2.30. The highest BCUT2D eigenvalue weighted by molar-refractivity contribution is 5.43. The summed E-state index contributed by atoms with van der Waals surface area (Å²) in [5.41, 5.74) is 3.65. The molecule has 0 amide bonds. The van der Waals surface area contributed by atoms with Crippen LogP contribution >= 0.6 is 0 Å². The first kappa shape index (κ1) is 13.3. The van der Waals surface area contributed by atoms with E-state index in [1.54, 1.807) is 0 Å². The van der Waals surface area contributed by atoms with Gasteiger partial charge in [-0.25, -0.2) is 0 Å². The summed E-state index contributed by atoms with van der Waals surface area (Å²) in [7, 11) is 2.00. The second-order valence-corrected chi connectivity index (χ2v) is 5.35. The molecule has 0 bridgehead atoms. The SMILES string of the molecule is CNCCCC1(c2ccccc2)OCc2ccccc21. The van der Waals surface area contributed by atoms with Crippen LogP contribution in [0.5, 0.6) is 0 Å². The fourth-order valence-electron chi connectivity index (χ4n) is 3.13. The number of fused-ring (bicyclic) bond motifs is 1. The third-order valence-electron chi connectivity index (χ3n) is 4.12. The van der Waals surface area contributed by atoms with Gasteiger partial charge in [0.2, 0.25) is 0 Å². The van der Waals surface area contributed by atoms with E-state index in [1.807, 2.05) is 7.05 Å². The van der Waals surface area contributed by atoms with Crippen LogP contribution in [0.4, 0.5) is 0 Å². The molecular formula is C18H21NO. The lowest BCUT2D eigenvalue weighted by Crippen LogP contribution is -2.28. The predicted octanol–water partition coefficient (Wildman–Crippen LogP) is 3.46. The van der Waals surface area contributed by atoms with E-state index in [0.29, 0.717) is 6.61 Å². The van der Waals surface area contributed by atoms with E-state index >= 15 is 0 Å². The zero-order valence-corrected chi connectivity index (χ0v) is 11.9. The van der Waals surface area contributed by atoms with Crippen LogP contribution in [0.15, 0.2) is 54.6 Å². The number of rotatable bonds is 5. The number of ether oxygens (including phenoxy) is 1. The van der Waals surface area contributed by atoms with E-state index in [-0.39, 0.29) is 5.60 Å². The molecule has 3 rings (SSSR count). The highest BCUT2D eigenvalue weighted by Gasteiger charge is 2.40. The Kier molecular flexibility index (Phi) is 3.86. The Bertz CT molecular complexity index is 567. The minimum absolute atomic E-state index is 0.269. The van der Waals surface area contributed by atoms with Gasteiger partial charge in [-0.3, -0.25) is 0 Å². The van der Waals surface area contributed by atoms with Gasteiger partial charge in [0.25, 0.3) is 0 Å². The normalized spacial score (nSPS) is 20.9. The van der Waals surface area contributed by atoms with Crippen LogP contribution in [0, 0.1) is 0 Å². The number of benzene rings is 2. The Labute approximate surface area is 120 Å². The molecule has 1 N–H and O–H groups in total. The lowest BCUT2D eigenvalue weighted by atomic mass is 9.82. The summed E-state index contributed by atoms with van der Waals surface area (Å²) >= 11 is 0. The number of nitrogens with one attached hydrogen (secondary N) is 1. The Morgan fingerprint density at radius 3 is 2.60 bits per heavy atom. The molecule has 2 heteroatoms. The van der Waals surface area contributed by atoms with Gasteiger partial charge in [-0.05, 0) is 43.1 Å². The van der Waals surface area contributed by atoms with Crippen molar-refractivity contribution in [1.29, 1.82) is 0 Å². The van der Waals surface area contributed by atoms with Crippen molar-refractivity contribution in [2.24, 2.45) is 0 Å². The maximum Gasteiger partial charge on any atom is 0.119 e. The number of hydrogen-bond donors (Lipinski definition) is 1. The minimum atomic E-state index is -0.269. The standard InChI is InChI=1S/C18H21NO/c1-19-13-7-12-18(16-9-3-2-4-10-16)17-11-6-5-8-15(17)14-20-18/h2-6,8-11,19H,7,12-14H2,1H3. The smallest absolute Gasteiger partial charge is 0.119 e. The van der Waals surface area contributed by atoms with Crippen LogP contribution in [0.3, 0.4) is 0 Å². The lowest BCUT2D eigenvalue weighted by molar-refractivity contribution is -0.0128. The summed E-state index contributed by atoms with van der Waals surface area (Å²) in [5, 5.41) is 3.23. The maximum absolute atomic E-state index is 6.32. The monoisotopic (exact) mass is 267 g/mol. The quantitative estimate of drug-likeness (QED) is 0.838. The van der Waals surface area contributed by atoms with Crippen LogP contribution < -0.4 is 5.32 Å². The molecule has 1 atom stereocenters. The van der Waals surface area contributed by atoms with Gasteiger partial charge in [0, 0.05) is 0 Å². The van der Waals surface area contributed by atoms with E-state index in [2.05, 4.69) is 59.9 Å². The van der Waals surface area contributed by atoms with E-state index in [0.717, 1.165) is 19.4 Å². The molecule has 2 aromatic carbocycles. The number of hydrogen-bond acceptors (Lipinski definition) is 2. The molecule has 104 valence electrons. The summed E-state index contributed by atoms with van der Waals surface area (Å²) in [6.07, 6.45) is 2.11. The Morgan fingerprint density at radius 2 is 1.80 bits per heavy atom. The van der Waals surface area contributed by atoms with Crippen molar-refractivity contribution in [3.8, 4) is 0 Å². The van der Waals surface area contributed by atoms with Crippen molar-refractivity contribution >= 4 is 0 Å². The van der Waals surface area contributed by atoms with Crippen molar-refractivity contribution in [3.63, 3.8) is 0 Å². The largest absolute Gasteiger partial charge is 0.361 e. The average Bonchev–Trinajstić information content (AvgIpc) is 2.89. The Morgan fingerprint density at radius 1 is 1.05 bits per heavy atom. The fraction of sp³-hybridized carbons (Fsp3) is 0.333. The van der Waals surface area contributed by atoms with Crippen LogP contribution in [-0.2, 0) is 16.9 Å². The molecule has 0 fully saturated rings. The summed E-state index contributed by atoms with van der Waals surface area (Å²) in [6, 6.07) is 19.2. The van der Waals surface area contributed by atoms with Gasteiger partial charge in [0.05, 0.1) is 6.61 Å². The minimum Gasteiger partial charge on any atom is -0.361 e. The van der Waals surface area contributed by atoms with Gasteiger partial charge >= 0.3 is 0 Å². The van der Waals surface area contributed by atoms with Gasteiger partial charge < -0.3 is 10.1 Å². The molecule has 0 aliphatic carbocycles. The molecule has 0 radical (unpaired) electrons. The zero-order chi connectivity index (χ0) is 13.8. The predicted molar refractivity (Wildman–Crippen MR) is 81.6 cm³/mol. The molecule has 20 heavy (non-hydrogen) atoms. The van der Waals surface area contributed by atoms with Crippen molar-refractivity contribution in [2.75, 3.05) is 13.6 Å². The second-order valence-electron chi connectivity index (χ2n) is 5.35. The highest BCUT2D eigenvalue weighted by Crippen LogP contribution is 2.44.